The Labute approximate surface area is 154 Å². The molecule has 9 heteroatoms. The molecular formula is C18H20N2O7. The van der Waals surface area contributed by atoms with Crippen LogP contribution >= 0.6 is 0 Å². The van der Waals surface area contributed by atoms with Gasteiger partial charge in [-0.2, -0.15) is 0 Å². The number of carbonyl (C=O) groups excluding carboxylic acids is 1. The molecule has 1 aliphatic rings. The Morgan fingerprint density at radius 1 is 1.15 bits per heavy atom. The van der Waals surface area contributed by atoms with Crippen LogP contribution in [0.15, 0.2) is 52.2 Å². The first-order chi connectivity index (χ1) is 12.9. The molecule has 27 heavy (non-hydrogen) atoms. The maximum absolute atomic E-state index is 12.8. The second kappa shape index (κ2) is 7.87. The molecule has 3 rings (SSSR count). The summed E-state index contributed by atoms with van der Waals surface area (Å²) in [4.78, 5) is 35.8. The van der Waals surface area contributed by atoms with Gasteiger partial charge >= 0.3 is 11.7 Å². The number of ether oxygens (including phenoxy) is 2. The third-order valence-corrected chi connectivity index (χ3v) is 4.34. The number of aliphatic hydroxyl groups is 2. The summed E-state index contributed by atoms with van der Waals surface area (Å²) in [6.45, 7) is 1.00. The first kappa shape index (κ1) is 19.0. The minimum Gasteiger partial charge on any atom is -0.463 e. The van der Waals surface area contributed by atoms with Crippen molar-refractivity contribution in [3.63, 3.8) is 0 Å². The zero-order chi connectivity index (χ0) is 19.6. The SMILES string of the molecule is CC(=O)OC[C@H]1O[C@@H](n2ccc(=O)n(Cc3ccccc3)c2=O)[C@H](O)[C@@H]1O. The number of carbonyl (C=O) groups is 1. The van der Waals surface area contributed by atoms with Crippen molar-refractivity contribution in [2.24, 2.45) is 0 Å². The minimum atomic E-state index is -1.43. The van der Waals surface area contributed by atoms with Gasteiger partial charge < -0.3 is 19.7 Å². The van der Waals surface area contributed by atoms with E-state index in [9.17, 15) is 24.6 Å². The molecule has 2 N–H and O–H groups in total. The third kappa shape index (κ3) is 4.00. The number of rotatable bonds is 5. The van der Waals surface area contributed by atoms with Crippen LogP contribution in [0.4, 0.5) is 0 Å². The normalized spacial score (nSPS) is 24.7. The third-order valence-electron chi connectivity index (χ3n) is 4.34. The molecule has 0 radical (unpaired) electrons. The van der Waals surface area contributed by atoms with Crippen LogP contribution in [-0.2, 0) is 20.8 Å². The van der Waals surface area contributed by atoms with Crippen molar-refractivity contribution in [1.82, 2.24) is 9.13 Å². The van der Waals surface area contributed by atoms with Gasteiger partial charge in [0.15, 0.2) is 6.23 Å². The molecule has 0 bridgehead atoms. The number of benzene rings is 1. The summed E-state index contributed by atoms with van der Waals surface area (Å²) in [6, 6.07) is 10.2. The van der Waals surface area contributed by atoms with Crippen LogP contribution in [0.25, 0.3) is 0 Å². The fraction of sp³-hybridized carbons (Fsp3) is 0.389. The molecule has 144 valence electrons. The van der Waals surface area contributed by atoms with Crippen molar-refractivity contribution in [1.29, 1.82) is 0 Å². The van der Waals surface area contributed by atoms with E-state index in [2.05, 4.69) is 0 Å². The Kier molecular flexibility index (Phi) is 5.54. The Hall–Kier alpha value is -2.75. The standard InChI is InChI=1S/C18H20N2O7/c1-11(21)26-10-13-15(23)16(24)17(27-13)19-8-7-14(22)20(18(19)25)9-12-5-3-2-4-6-12/h2-8,13,15-17,23-24H,9-10H2,1H3/t13-,15-,16-,17-/m1/s1. The maximum atomic E-state index is 12.8. The van der Waals surface area contributed by atoms with Gasteiger partial charge in [0.05, 0.1) is 6.54 Å². The van der Waals surface area contributed by atoms with Crippen LogP contribution in [0.3, 0.4) is 0 Å². The van der Waals surface area contributed by atoms with Crippen LogP contribution in [0.1, 0.15) is 18.7 Å². The molecule has 1 aromatic heterocycles. The molecule has 1 saturated heterocycles. The number of hydrogen-bond donors (Lipinski definition) is 2. The minimum absolute atomic E-state index is 0.0571. The second-order valence-electron chi connectivity index (χ2n) is 6.26. The summed E-state index contributed by atoms with van der Waals surface area (Å²) in [5, 5.41) is 20.4. The highest BCUT2D eigenvalue weighted by Crippen LogP contribution is 2.28. The highest BCUT2D eigenvalue weighted by Gasteiger charge is 2.44. The Morgan fingerprint density at radius 3 is 2.52 bits per heavy atom. The Morgan fingerprint density at radius 2 is 1.85 bits per heavy atom. The maximum Gasteiger partial charge on any atom is 0.333 e. The second-order valence-corrected chi connectivity index (χ2v) is 6.26. The quantitative estimate of drug-likeness (QED) is 0.658. The van der Waals surface area contributed by atoms with E-state index in [1.54, 1.807) is 24.3 Å². The lowest BCUT2D eigenvalue weighted by molar-refractivity contribution is -0.147. The van der Waals surface area contributed by atoms with Gasteiger partial charge in [-0.05, 0) is 5.56 Å². The van der Waals surface area contributed by atoms with E-state index < -0.39 is 41.8 Å². The molecule has 0 spiro atoms. The summed E-state index contributed by atoms with van der Waals surface area (Å²) < 4.78 is 12.4. The fourth-order valence-electron chi connectivity index (χ4n) is 2.93. The largest absolute Gasteiger partial charge is 0.463 e. The van der Waals surface area contributed by atoms with Crippen LogP contribution in [0.5, 0.6) is 0 Å². The van der Waals surface area contributed by atoms with Gasteiger partial charge in [0, 0.05) is 19.2 Å². The summed E-state index contributed by atoms with van der Waals surface area (Å²) >= 11 is 0. The topological polar surface area (TPSA) is 120 Å². The van der Waals surface area contributed by atoms with Crippen LogP contribution in [-0.4, -0.2) is 50.2 Å². The van der Waals surface area contributed by atoms with E-state index in [4.69, 9.17) is 9.47 Å². The molecule has 0 aliphatic carbocycles. The van der Waals surface area contributed by atoms with E-state index >= 15 is 0 Å². The van der Waals surface area contributed by atoms with Crippen LogP contribution in [0.2, 0.25) is 0 Å². The smallest absolute Gasteiger partial charge is 0.333 e. The number of nitrogens with zero attached hydrogens (tertiary/aromatic N) is 2. The van der Waals surface area contributed by atoms with E-state index in [1.807, 2.05) is 6.07 Å². The summed E-state index contributed by atoms with van der Waals surface area (Å²) in [7, 11) is 0. The van der Waals surface area contributed by atoms with Crippen LogP contribution in [0, 0.1) is 0 Å². The molecule has 1 aromatic carbocycles. The van der Waals surface area contributed by atoms with Gasteiger partial charge in [-0.1, -0.05) is 30.3 Å². The zero-order valence-electron chi connectivity index (χ0n) is 14.6. The zero-order valence-corrected chi connectivity index (χ0v) is 14.6. The molecule has 9 nitrogen and oxygen atoms in total. The van der Waals surface area contributed by atoms with Gasteiger partial charge in [-0.3, -0.25) is 18.7 Å². The fourth-order valence-corrected chi connectivity index (χ4v) is 2.93. The molecule has 2 aromatic rings. The van der Waals surface area contributed by atoms with Crippen LogP contribution < -0.4 is 11.2 Å². The Balaban J connectivity index is 1.89. The Bertz CT molecular complexity index is 921. The average Bonchev–Trinajstić information content (AvgIpc) is 2.93. The van der Waals surface area contributed by atoms with Crippen molar-refractivity contribution in [2.75, 3.05) is 6.61 Å². The van der Waals surface area contributed by atoms with Gasteiger partial charge in [0.1, 0.15) is 24.9 Å². The van der Waals surface area contributed by atoms with Crippen molar-refractivity contribution in [3.8, 4) is 0 Å². The van der Waals surface area contributed by atoms with Crippen molar-refractivity contribution in [2.45, 2.75) is 38.0 Å². The number of aliphatic hydroxyl groups excluding tert-OH is 2. The monoisotopic (exact) mass is 376 g/mol. The van der Waals surface area contributed by atoms with E-state index in [0.717, 1.165) is 14.7 Å². The van der Waals surface area contributed by atoms with Crippen molar-refractivity contribution < 1.29 is 24.5 Å². The average molecular weight is 376 g/mol. The number of esters is 1. The predicted octanol–water partition coefficient (Wildman–Crippen LogP) is -0.759. The van der Waals surface area contributed by atoms with Crippen molar-refractivity contribution >= 4 is 5.97 Å². The molecule has 0 unspecified atom stereocenters. The van der Waals surface area contributed by atoms with Gasteiger partial charge in [0.2, 0.25) is 0 Å². The van der Waals surface area contributed by atoms with Gasteiger partial charge in [-0.25, -0.2) is 4.79 Å². The molecule has 4 atom stereocenters. The first-order valence-electron chi connectivity index (χ1n) is 8.39. The van der Waals surface area contributed by atoms with Gasteiger partial charge in [-0.15, -0.1) is 0 Å². The molecule has 1 aliphatic heterocycles. The lowest BCUT2D eigenvalue weighted by Crippen LogP contribution is -2.43. The highest BCUT2D eigenvalue weighted by atomic mass is 16.6. The molecule has 0 saturated carbocycles. The summed E-state index contributed by atoms with van der Waals surface area (Å²) in [5.41, 5.74) is -0.421. The molecule has 2 heterocycles. The van der Waals surface area contributed by atoms with E-state index in [0.29, 0.717) is 0 Å². The first-order valence-corrected chi connectivity index (χ1v) is 8.39. The summed E-state index contributed by atoms with van der Waals surface area (Å²) in [6.07, 6.45) is -3.77. The lowest BCUT2D eigenvalue weighted by Gasteiger charge is -2.18. The summed E-state index contributed by atoms with van der Waals surface area (Å²) in [5.74, 6) is -0.558. The molecular weight excluding hydrogens is 356 g/mol. The highest BCUT2D eigenvalue weighted by molar-refractivity contribution is 5.65. The lowest BCUT2D eigenvalue weighted by atomic mass is 10.1. The van der Waals surface area contributed by atoms with E-state index in [1.165, 1.54) is 19.2 Å². The van der Waals surface area contributed by atoms with Crippen molar-refractivity contribution in [3.05, 3.63) is 69.0 Å². The van der Waals surface area contributed by atoms with Gasteiger partial charge in [0.25, 0.3) is 5.56 Å². The van der Waals surface area contributed by atoms with E-state index in [-0.39, 0.29) is 13.2 Å². The number of aromatic nitrogens is 2. The predicted molar refractivity (Wildman–Crippen MR) is 93.1 cm³/mol. The number of hydrogen-bond acceptors (Lipinski definition) is 7. The molecule has 1 fully saturated rings. The molecule has 0 amide bonds.